The minimum absolute atomic E-state index is 0.329. The normalized spacial score (nSPS) is 22.8. The first-order valence-corrected chi connectivity index (χ1v) is 7.67. The van der Waals surface area contributed by atoms with Gasteiger partial charge in [0.25, 0.3) is 0 Å². The summed E-state index contributed by atoms with van der Waals surface area (Å²) < 4.78 is 0.854. The number of thiophene rings is 1. The van der Waals surface area contributed by atoms with Gasteiger partial charge in [-0.2, -0.15) is 0 Å². The van der Waals surface area contributed by atoms with Gasteiger partial charge in [0.05, 0.1) is 10.4 Å². The van der Waals surface area contributed by atoms with Crippen LogP contribution in [0.5, 0.6) is 0 Å². The molecule has 0 radical (unpaired) electrons. The van der Waals surface area contributed by atoms with E-state index in [1.807, 2.05) is 6.07 Å². The first-order valence-electron chi connectivity index (χ1n) is 6.47. The Morgan fingerprint density at radius 2 is 2.33 bits per heavy atom. The Kier molecular flexibility index (Phi) is 5.04. The maximum atomic E-state index is 6.04. The predicted octanol–water partition coefficient (Wildman–Crippen LogP) is 2.43. The zero-order chi connectivity index (χ0) is 13.1. The van der Waals surface area contributed by atoms with Gasteiger partial charge in [-0.1, -0.05) is 11.6 Å². The molecule has 0 aliphatic carbocycles. The summed E-state index contributed by atoms with van der Waals surface area (Å²) in [4.78, 5) is 6.12. The maximum absolute atomic E-state index is 6.04. The lowest BCUT2D eigenvalue weighted by molar-refractivity contribution is 0.158. The number of nitrogens with zero attached hydrogens (tertiary/aromatic N) is 2. The molecule has 2 rings (SSSR count). The van der Waals surface area contributed by atoms with Crippen LogP contribution in [0.4, 0.5) is 0 Å². The van der Waals surface area contributed by atoms with Crippen LogP contribution in [0.3, 0.4) is 0 Å². The Balaban J connectivity index is 2.11. The van der Waals surface area contributed by atoms with Crippen LogP contribution in [0.15, 0.2) is 12.1 Å². The van der Waals surface area contributed by atoms with E-state index in [9.17, 15) is 0 Å². The van der Waals surface area contributed by atoms with Crippen molar-refractivity contribution < 1.29 is 0 Å². The Morgan fingerprint density at radius 1 is 1.56 bits per heavy atom. The SMILES string of the molecule is CN(C)CC1CCCN1C(CN)c1ccc(Cl)s1. The third kappa shape index (κ3) is 3.25. The lowest BCUT2D eigenvalue weighted by Crippen LogP contribution is -2.42. The van der Waals surface area contributed by atoms with Gasteiger partial charge >= 0.3 is 0 Å². The number of nitrogens with two attached hydrogens (primary N) is 1. The predicted molar refractivity (Wildman–Crippen MR) is 79.4 cm³/mol. The monoisotopic (exact) mass is 287 g/mol. The zero-order valence-electron chi connectivity index (χ0n) is 11.1. The van der Waals surface area contributed by atoms with E-state index in [1.54, 1.807) is 11.3 Å². The molecule has 1 fully saturated rings. The molecule has 2 N–H and O–H groups in total. The van der Waals surface area contributed by atoms with Gasteiger partial charge in [0.15, 0.2) is 0 Å². The third-order valence-electron chi connectivity index (χ3n) is 3.54. The summed E-state index contributed by atoms with van der Waals surface area (Å²) in [6, 6.07) is 5.04. The Morgan fingerprint density at radius 3 is 2.89 bits per heavy atom. The van der Waals surface area contributed by atoms with Crippen LogP contribution in [0, 0.1) is 0 Å². The molecule has 2 unspecified atom stereocenters. The lowest BCUT2D eigenvalue weighted by atomic mass is 10.1. The van der Waals surface area contributed by atoms with Gasteiger partial charge in [0, 0.05) is 24.0 Å². The van der Waals surface area contributed by atoms with Gasteiger partial charge in [-0.3, -0.25) is 4.90 Å². The summed E-state index contributed by atoms with van der Waals surface area (Å²) in [7, 11) is 4.27. The average molecular weight is 288 g/mol. The van der Waals surface area contributed by atoms with Crippen molar-refractivity contribution in [2.24, 2.45) is 5.73 Å². The molecule has 1 aliphatic rings. The molecule has 0 saturated carbocycles. The summed E-state index contributed by atoms with van der Waals surface area (Å²) in [6.07, 6.45) is 2.54. The molecule has 0 amide bonds. The van der Waals surface area contributed by atoms with Gasteiger partial charge in [-0.15, -0.1) is 11.3 Å². The van der Waals surface area contributed by atoms with Crippen molar-refractivity contribution in [2.75, 3.05) is 33.7 Å². The highest BCUT2D eigenvalue weighted by atomic mass is 35.5. The van der Waals surface area contributed by atoms with Gasteiger partial charge < -0.3 is 10.6 Å². The summed E-state index contributed by atoms with van der Waals surface area (Å²) in [5.74, 6) is 0. The van der Waals surface area contributed by atoms with E-state index in [0.717, 1.165) is 17.4 Å². The molecule has 1 aromatic heterocycles. The largest absolute Gasteiger partial charge is 0.329 e. The molecule has 102 valence electrons. The topological polar surface area (TPSA) is 32.5 Å². The van der Waals surface area contributed by atoms with Gasteiger partial charge in [-0.25, -0.2) is 0 Å². The van der Waals surface area contributed by atoms with Crippen molar-refractivity contribution in [3.05, 3.63) is 21.3 Å². The Bertz CT molecular complexity index is 380. The fraction of sp³-hybridized carbons (Fsp3) is 0.692. The molecule has 1 aliphatic heterocycles. The van der Waals surface area contributed by atoms with Gasteiger partial charge in [0.1, 0.15) is 0 Å². The molecule has 0 aromatic carbocycles. The van der Waals surface area contributed by atoms with Crippen molar-refractivity contribution >= 4 is 22.9 Å². The molecular weight excluding hydrogens is 266 g/mol. The minimum Gasteiger partial charge on any atom is -0.329 e. The molecule has 2 atom stereocenters. The van der Waals surface area contributed by atoms with Crippen molar-refractivity contribution in [2.45, 2.75) is 24.9 Å². The second-order valence-electron chi connectivity index (χ2n) is 5.19. The van der Waals surface area contributed by atoms with Crippen molar-refractivity contribution in [3.8, 4) is 0 Å². The molecular formula is C13H22ClN3S. The lowest BCUT2D eigenvalue weighted by Gasteiger charge is -2.33. The van der Waals surface area contributed by atoms with Crippen LogP contribution >= 0.6 is 22.9 Å². The number of rotatable bonds is 5. The first-order chi connectivity index (χ1) is 8.61. The Labute approximate surface area is 119 Å². The van der Waals surface area contributed by atoms with E-state index in [1.165, 1.54) is 17.7 Å². The van der Waals surface area contributed by atoms with Crippen LogP contribution in [0.2, 0.25) is 4.34 Å². The molecule has 0 bridgehead atoms. The van der Waals surface area contributed by atoms with Crippen molar-refractivity contribution in [1.29, 1.82) is 0 Å². The summed E-state index contributed by atoms with van der Waals surface area (Å²) in [6.45, 7) is 2.92. The first kappa shape index (κ1) is 14.3. The fourth-order valence-electron chi connectivity index (χ4n) is 2.81. The van der Waals surface area contributed by atoms with E-state index in [-0.39, 0.29) is 0 Å². The minimum atomic E-state index is 0.329. The van der Waals surface area contributed by atoms with E-state index in [2.05, 4.69) is 30.0 Å². The smallest absolute Gasteiger partial charge is 0.0931 e. The molecule has 1 aromatic rings. The number of hydrogen-bond donors (Lipinski definition) is 1. The number of likely N-dealkylation sites (tertiary alicyclic amines) is 1. The van der Waals surface area contributed by atoms with Gasteiger partial charge in [-0.05, 0) is 45.6 Å². The summed E-state index contributed by atoms with van der Waals surface area (Å²) in [5.41, 5.74) is 6.00. The standard InChI is InChI=1S/C13H22ClN3S/c1-16(2)9-10-4-3-7-17(10)11(8-15)12-5-6-13(14)18-12/h5-6,10-11H,3-4,7-9,15H2,1-2H3. The van der Waals surface area contributed by atoms with E-state index < -0.39 is 0 Å². The number of likely N-dealkylation sites (N-methyl/N-ethyl adjacent to an activating group) is 1. The molecule has 18 heavy (non-hydrogen) atoms. The summed E-state index contributed by atoms with van der Waals surface area (Å²) in [5, 5.41) is 0. The van der Waals surface area contributed by atoms with Crippen LogP contribution < -0.4 is 5.73 Å². The van der Waals surface area contributed by atoms with Crippen molar-refractivity contribution in [3.63, 3.8) is 0 Å². The molecule has 0 spiro atoms. The van der Waals surface area contributed by atoms with Crippen LogP contribution in [-0.2, 0) is 0 Å². The average Bonchev–Trinajstić information content (AvgIpc) is 2.90. The van der Waals surface area contributed by atoms with E-state index >= 15 is 0 Å². The fourth-order valence-corrected chi connectivity index (χ4v) is 4.00. The number of halogens is 1. The van der Waals surface area contributed by atoms with Crippen LogP contribution in [0.25, 0.3) is 0 Å². The van der Waals surface area contributed by atoms with E-state index in [4.69, 9.17) is 17.3 Å². The van der Waals surface area contributed by atoms with Crippen LogP contribution in [0.1, 0.15) is 23.8 Å². The molecule has 1 saturated heterocycles. The third-order valence-corrected chi connectivity index (χ3v) is 4.88. The highest BCUT2D eigenvalue weighted by Gasteiger charge is 2.31. The Hall–Kier alpha value is -0.130. The molecule has 3 nitrogen and oxygen atoms in total. The van der Waals surface area contributed by atoms with Crippen molar-refractivity contribution in [1.82, 2.24) is 9.80 Å². The maximum Gasteiger partial charge on any atom is 0.0931 e. The highest BCUT2D eigenvalue weighted by Crippen LogP contribution is 2.34. The molecule has 5 heteroatoms. The second kappa shape index (κ2) is 6.35. The van der Waals surface area contributed by atoms with Gasteiger partial charge in [0.2, 0.25) is 0 Å². The summed E-state index contributed by atoms with van der Waals surface area (Å²) >= 11 is 7.70. The quantitative estimate of drug-likeness (QED) is 0.903. The zero-order valence-corrected chi connectivity index (χ0v) is 12.7. The van der Waals surface area contributed by atoms with E-state index in [0.29, 0.717) is 18.6 Å². The second-order valence-corrected chi connectivity index (χ2v) is 6.94. The van der Waals surface area contributed by atoms with Crippen LogP contribution in [-0.4, -0.2) is 49.6 Å². The number of hydrogen-bond acceptors (Lipinski definition) is 4. The highest BCUT2D eigenvalue weighted by molar-refractivity contribution is 7.16. The molecule has 2 heterocycles.